The molecule has 2 rings (SSSR count). The minimum Gasteiger partial charge on any atom is -0.478 e. The van der Waals surface area contributed by atoms with Crippen LogP contribution in [-0.2, 0) is 4.79 Å². The van der Waals surface area contributed by atoms with Gasteiger partial charge in [-0.2, -0.15) is 0 Å². The number of thioether (sulfide) groups is 1. The van der Waals surface area contributed by atoms with E-state index in [-0.39, 0.29) is 10.7 Å². The summed E-state index contributed by atoms with van der Waals surface area (Å²) in [5.41, 5.74) is 0.858. The van der Waals surface area contributed by atoms with Crippen molar-refractivity contribution >= 4 is 33.7 Å². The third-order valence-corrected chi connectivity index (χ3v) is 3.18. The number of amidine groups is 1. The summed E-state index contributed by atoms with van der Waals surface area (Å²) in [6, 6.07) is 6.22. The van der Waals surface area contributed by atoms with Crippen molar-refractivity contribution < 1.29 is 14.7 Å². The fourth-order valence-corrected chi connectivity index (χ4v) is 2.20. The molecule has 0 atom stereocenters. The Morgan fingerprint density at radius 3 is 2.53 bits per heavy atom. The average molecular weight is 250 g/mol. The molecule has 1 aliphatic heterocycles. The Hall–Kier alpha value is -1.82. The summed E-state index contributed by atoms with van der Waals surface area (Å²) in [4.78, 5) is 27.9. The van der Waals surface area contributed by atoms with Crippen molar-refractivity contribution in [2.45, 2.75) is 0 Å². The van der Waals surface area contributed by atoms with E-state index in [1.807, 2.05) is 0 Å². The van der Waals surface area contributed by atoms with Crippen molar-refractivity contribution in [3.05, 3.63) is 29.8 Å². The molecule has 0 aromatic heterocycles. The number of carbonyl (C=O) groups is 2. The lowest BCUT2D eigenvalue weighted by molar-refractivity contribution is -0.110. The van der Waals surface area contributed by atoms with Crippen LogP contribution in [0.25, 0.3) is 0 Å². The second-order valence-electron chi connectivity index (χ2n) is 3.58. The molecule has 6 heteroatoms. The maximum Gasteiger partial charge on any atom is 0.335 e. The van der Waals surface area contributed by atoms with Crippen LogP contribution in [0.4, 0.5) is 5.69 Å². The molecule has 0 bridgehead atoms. The highest BCUT2D eigenvalue weighted by Gasteiger charge is 2.23. The molecule has 0 amide bonds. The summed E-state index contributed by atoms with van der Waals surface area (Å²) in [6.45, 7) is 0.358. The lowest BCUT2D eigenvalue weighted by Gasteiger charge is -2.08. The SMILES string of the molecule is CN1CC(=O)S/C1=N/c1ccc(C(=O)O)cc1. The normalized spacial score (nSPS) is 17.8. The Labute approximate surface area is 102 Å². The molecule has 1 aliphatic rings. The minimum absolute atomic E-state index is 0.0633. The number of carboxylic acids is 1. The second kappa shape index (κ2) is 4.58. The van der Waals surface area contributed by atoms with E-state index in [2.05, 4.69) is 4.99 Å². The van der Waals surface area contributed by atoms with Gasteiger partial charge < -0.3 is 10.0 Å². The fraction of sp³-hybridized carbons (Fsp3) is 0.182. The first-order chi connectivity index (χ1) is 8.06. The molecular weight excluding hydrogens is 240 g/mol. The standard InChI is InChI=1S/C11H10N2O3S/c1-13-6-9(14)17-11(13)12-8-4-2-7(3-5-8)10(15)16/h2-5H,6H2,1H3,(H,15,16)/b12-11+. The van der Waals surface area contributed by atoms with Crippen molar-refractivity contribution in [2.24, 2.45) is 4.99 Å². The Kier molecular flexibility index (Phi) is 3.14. The first-order valence-corrected chi connectivity index (χ1v) is 5.72. The van der Waals surface area contributed by atoms with Gasteiger partial charge in [-0.1, -0.05) is 0 Å². The Bertz CT molecular complexity index is 496. The zero-order valence-corrected chi connectivity index (χ0v) is 9.90. The van der Waals surface area contributed by atoms with Gasteiger partial charge in [0.15, 0.2) is 5.17 Å². The number of likely N-dealkylation sites (N-methyl/N-ethyl adjacent to an activating group) is 1. The molecule has 1 aromatic rings. The van der Waals surface area contributed by atoms with E-state index in [4.69, 9.17) is 5.11 Å². The van der Waals surface area contributed by atoms with Crippen molar-refractivity contribution in [1.82, 2.24) is 4.90 Å². The van der Waals surface area contributed by atoms with Crippen LogP contribution in [0.2, 0.25) is 0 Å². The number of hydrogen-bond acceptors (Lipinski definition) is 4. The summed E-state index contributed by atoms with van der Waals surface area (Å²) in [5.74, 6) is -0.966. The van der Waals surface area contributed by atoms with Gasteiger partial charge in [0.2, 0.25) is 5.12 Å². The molecule has 1 aromatic carbocycles. The van der Waals surface area contributed by atoms with Gasteiger partial charge in [0.1, 0.15) is 0 Å². The van der Waals surface area contributed by atoms with Crippen molar-refractivity contribution in [3.63, 3.8) is 0 Å². The van der Waals surface area contributed by atoms with Crippen LogP contribution in [0.5, 0.6) is 0 Å². The van der Waals surface area contributed by atoms with Crippen molar-refractivity contribution in [3.8, 4) is 0 Å². The average Bonchev–Trinajstić information content (AvgIpc) is 2.58. The van der Waals surface area contributed by atoms with Gasteiger partial charge in [0, 0.05) is 7.05 Å². The topological polar surface area (TPSA) is 70.0 Å². The zero-order valence-electron chi connectivity index (χ0n) is 9.08. The van der Waals surface area contributed by atoms with Gasteiger partial charge in [-0.15, -0.1) is 0 Å². The number of aliphatic imine (C=N–C) groups is 1. The molecule has 5 nitrogen and oxygen atoms in total. The van der Waals surface area contributed by atoms with Crippen LogP contribution in [-0.4, -0.2) is 39.9 Å². The first kappa shape index (κ1) is 11.7. The summed E-state index contributed by atoms with van der Waals surface area (Å²) in [6.07, 6.45) is 0. The molecule has 88 valence electrons. The Morgan fingerprint density at radius 2 is 2.06 bits per heavy atom. The van der Waals surface area contributed by atoms with E-state index in [0.29, 0.717) is 17.4 Å². The number of benzene rings is 1. The van der Waals surface area contributed by atoms with E-state index in [1.165, 1.54) is 12.1 Å². The van der Waals surface area contributed by atoms with Crippen molar-refractivity contribution in [1.29, 1.82) is 0 Å². The molecule has 1 heterocycles. The van der Waals surface area contributed by atoms with Crippen LogP contribution in [0.1, 0.15) is 10.4 Å². The highest BCUT2D eigenvalue weighted by Crippen LogP contribution is 2.22. The number of rotatable bonds is 2. The van der Waals surface area contributed by atoms with Gasteiger partial charge >= 0.3 is 5.97 Å². The smallest absolute Gasteiger partial charge is 0.335 e. The second-order valence-corrected chi connectivity index (χ2v) is 4.60. The maximum absolute atomic E-state index is 11.2. The zero-order chi connectivity index (χ0) is 12.4. The predicted octanol–water partition coefficient (Wildman–Crippen LogP) is 1.58. The molecular formula is C11H10N2O3S. The number of carbonyl (C=O) groups excluding carboxylic acids is 1. The fourth-order valence-electron chi connectivity index (χ4n) is 1.37. The summed E-state index contributed by atoms with van der Waals surface area (Å²) >= 11 is 1.10. The van der Waals surface area contributed by atoms with E-state index in [0.717, 1.165) is 11.8 Å². The molecule has 17 heavy (non-hydrogen) atoms. The van der Waals surface area contributed by atoms with Crippen LogP contribution >= 0.6 is 11.8 Å². The molecule has 1 fully saturated rings. The molecule has 0 saturated carbocycles. The highest BCUT2D eigenvalue weighted by molar-refractivity contribution is 8.26. The van der Waals surface area contributed by atoms with Crippen LogP contribution in [0, 0.1) is 0 Å². The summed E-state index contributed by atoms with van der Waals surface area (Å²) in [5, 5.41) is 9.44. The van der Waals surface area contributed by atoms with E-state index in [9.17, 15) is 9.59 Å². The number of aromatic carboxylic acids is 1. The maximum atomic E-state index is 11.2. The number of carboxylic acid groups (broad SMARTS) is 1. The predicted molar refractivity (Wildman–Crippen MR) is 65.7 cm³/mol. The van der Waals surface area contributed by atoms with Gasteiger partial charge in [-0.05, 0) is 36.0 Å². The molecule has 0 aliphatic carbocycles. The molecule has 1 saturated heterocycles. The molecule has 0 spiro atoms. The number of nitrogens with zero attached hydrogens (tertiary/aromatic N) is 2. The molecule has 0 radical (unpaired) electrons. The Balaban J connectivity index is 2.21. The summed E-state index contributed by atoms with van der Waals surface area (Å²) < 4.78 is 0. The van der Waals surface area contributed by atoms with Gasteiger partial charge in [-0.3, -0.25) is 4.79 Å². The first-order valence-electron chi connectivity index (χ1n) is 4.90. The van der Waals surface area contributed by atoms with E-state index >= 15 is 0 Å². The van der Waals surface area contributed by atoms with Crippen molar-refractivity contribution in [2.75, 3.05) is 13.6 Å². The molecule has 0 unspecified atom stereocenters. The van der Waals surface area contributed by atoms with Gasteiger partial charge in [0.05, 0.1) is 17.8 Å². The summed E-state index contributed by atoms with van der Waals surface area (Å²) in [7, 11) is 1.79. The largest absolute Gasteiger partial charge is 0.478 e. The monoisotopic (exact) mass is 250 g/mol. The Morgan fingerprint density at radius 1 is 1.41 bits per heavy atom. The third-order valence-electron chi connectivity index (χ3n) is 2.24. The van der Waals surface area contributed by atoms with Gasteiger partial charge in [-0.25, -0.2) is 9.79 Å². The highest BCUT2D eigenvalue weighted by atomic mass is 32.2. The lowest BCUT2D eigenvalue weighted by Crippen LogP contribution is -2.18. The number of hydrogen-bond donors (Lipinski definition) is 1. The lowest BCUT2D eigenvalue weighted by atomic mass is 10.2. The van der Waals surface area contributed by atoms with E-state index in [1.54, 1.807) is 24.1 Å². The van der Waals surface area contributed by atoms with E-state index < -0.39 is 5.97 Å². The third kappa shape index (κ3) is 2.65. The quantitative estimate of drug-likeness (QED) is 0.862. The van der Waals surface area contributed by atoms with Crippen LogP contribution < -0.4 is 0 Å². The van der Waals surface area contributed by atoms with Gasteiger partial charge in [0.25, 0.3) is 0 Å². The molecule has 1 N–H and O–H groups in total. The minimum atomic E-state index is -0.966. The van der Waals surface area contributed by atoms with Crippen LogP contribution in [0.15, 0.2) is 29.3 Å². The van der Waals surface area contributed by atoms with Crippen LogP contribution in [0.3, 0.4) is 0 Å².